The fraction of sp³-hybridized carbons (Fsp3) is 1.00. The third kappa shape index (κ3) is 1.52. The highest BCUT2D eigenvalue weighted by Crippen LogP contribution is 2.12. The van der Waals surface area contributed by atoms with E-state index in [1.54, 1.807) is 0 Å². The molecule has 1 heterocycles. The molecule has 4 atom stereocenters. The first-order chi connectivity index (χ1) is 5.20. The maximum atomic E-state index is 9.26. The van der Waals surface area contributed by atoms with Crippen molar-refractivity contribution in [1.29, 1.82) is 0 Å². The molecule has 1 saturated heterocycles. The summed E-state index contributed by atoms with van der Waals surface area (Å²) in [5, 5.41) is 30.0. The van der Waals surface area contributed by atoms with Gasteiger partial charge in [0.1, 0.15) is 0 Å². The first kappa shape index (κ1) is 8.89. The van der Waals surface area contributed by atoms with E-state index in [1.165, 1.54) is 0 Å². The summed E-state index contributed by atoms with van der Waals surface area (Å²) in [6.07, 6.45) is -1.77. The molecule has 0 aromatic rings. The summed E-state index contributed by atoms with van der Waals surface area (Å²) < 4.78 is 0. The van der Waals surface area contributed by atoms with E-state index in [2.05, 4.69) is 5.32 Å². The van der Waals surface area contributed by atoms with Crippen LogP contribution in [0.2, 0.25) is 0 Å². The monoisotopic (exact) mass is 162 g/mol. The van der Waals surface area contributed by atoms with Gasteiger partial charge < -0.3 is 26.4 Å². The fourth-order valence-corrected chi connectivity index (χ4v) is 1.32. The molecule has 1 aliphatic heterocycles. The smallest absolute Gasteiger partial charge is 0.0989 e. The van der Waals surface area contributed by atoms with Crippen LogP contribution in [-0.2, 0) is 0 Å². The maximum absolute atomic E-state index is 9.26. The molecule has 11 heavy (non-hydrogen) atoms. The van der Waals surface area contributed by atoms with Crippen molar-refractivity contribution in [3.8, 4) is 0 Å². The zero-order chi connectivity index (χ0) is 8.43. The first-order valence-corrected chi connectivity index (χ1v) is 3.63. The third-order valence-electron chi connectivity index (χ3n) is 2.05. The topological polar surface area (TPSA) is 98.7 Å². The van der Waals surface area contributed by atoms with Gasteiger partial charge in [0, 0.05) is 12.6 Å². The Morgan fingerprint density at radius 1 is 1.18 bits per heavy atom. The molecule has 0 unspecified atom stereocenters. The molecule has 0 radical (unpaired) electrons. The Balaban J connectivity index is 2.53. The highest BCUT2D eigenvalue weighted by molar-refractivity contribution is 4.98. The van der Waals surface area contributed by atoms with E-state index in [4.69, 9.17) is 10.8 Å². The minimum absolute atomic E-state index is 0.186. The van der Waals surface area contributed by atoms with E-state index in [0.29, 0.717) is 0 Å². The predicted molar refractivity (Wildman–Crippen MR) is 38.9 cm³/mol. The Labute approximate surface area is 64.8 Å². The Kier molecular flexibility index (Phi) is 2.80. The zero-order valence-corrected chi connectivity index (χ0v) is 6.14. The zero-order valence-electron chi connectivity index (χ0n) is 6.14. The molecule has 0 bridgehead atoms. The van der Waals surface area contributed by atoms with Crippen molar-refractivity contribution in [3.63, 3.8) is 0 Å². The second-order valence-electron chi connectivity index (χ2n) is 2.78. The lowest BCUT2D eigenvalue weighted by molar-refractivity contribution is 0.0205. The van der Waals surface area contributed by atoms with E-state index in [0.717, 1.165) is 0 Å². The number of rotatable bonds is 2. The molecule has 0 aromatic carbocycles. The molecule has 5 nitrogen and oxygen atoms in total. The molecule has 0 spiro atoms. The number of hydrogen-bond donors (Lipinski definition) is 5. The van der Waals surface area contributed by atoms with E-state index >= 15 is 0 Å². The summed E-state index contributed by atoms with van der Waals surface area (Å²) >= 11 is 0. The van der Waals surface area contributed by atoms with Crippen LogP contribution in [0.15, 0.2) is 0 Å². The second-order valence-corrected chi connectivity index (χ2v) is 2.78. The van der Waals surface area contributed by atoms with Crippen molar-refractivity contribution >= 4 is 0 Å². The van der Waals surface area contributed by atoms with E-state index < -0.39 is 18.2 Å². The molecule has 0 aromatic heterocycles. The summed E-state index contributed by atoms with van der Waals surface area (Å²) in [6, 6.07) is -0.749. The van der Waals surface area contributed by atoms with Crippen LogP contribution in [-0.4, -0.2) is 52.8 Å². The summed E-state index contributed by atoms with van der Waals surface area (Å²) in [5.41, 5.74) is 5.29. The molecular weight excluding hydrogens is 148 g/mol. The Bertz CT molecular complexity index is 115. The minimum Gasteiger partial charge on any atom is -0.395 e. The lowest BCUT2D eigenvalue weighted by atomic mass is 10.1. The molecule has 1 aliphatic rings. The molecule has 1 fully saturated rings. The minimum atomic E-state index is -0.909. The van der Waals surface area contributed by atoms with Gasteiger partial charge in [0.15, 0.2) is 0 Å². The van der Waals surface area contributed by atoms with Gasteiger partial charge in [-0.15, -0.1) is 0 Å². The van der Waals surface area contributed by atoms with Crippen LogP contribution in [0.4, 0.5) is 0 Å². The van der Waals surface area contributed by atoms with E-state index in [-0.39, 0.29) is 19.2 Å². The normalized spacial score (nSPS) is 44.7. The van der Waals surface area contributed by atoms with Gasteiger partial charge in [-0.3, -0.25) is 0 Å². The van der Waals surface area contributed by atoms with Crippen LogP contribution in [0.5, 0.6) is 0 Å². The van der Waals surface area contributed by atoms with Crippen LogP contribution in [0.1, 0.15) is 0 Å². The fourth-order valence-electron chi connectivity index (χ4n) is 1.32. The summed E-state index contributed by atoms with van der Waals surface area (Å²) in [6.45, 7) is 0.0729. The van der Waals surface area contributed by atoms with Gasteiger partial charge in [-0.2, -0.15) is 0 Å². The van der Waals surface area contributed by atoms with Gasteiger partial charge in [0.2, 0.25) is 0 Å². The van der Waals surface area contributed by atoms with Crippen LogP contribution < -0.4 is 11.1 Å². The Morgan fingerprint density at radius 3 is 2.00 bits per heavy atom. The molecule has 0 amide bonds. The molecule has 0 saturated carbocycles. The van der Waals surface area contributed by atoms with Crippen molar-refractivity contribution in [2.45, 2.75) is 24.3 Å². The van der Waals surface area contributed by atoms with Crippen molar-refractivity contribution in [1.82, 2.24) is 5.32 Å². The third-order valence-corrected chi connectivity index (χ3v) is 2.05. The first-order valence-electron chi connectivity index (χ1n) is 3.63. The largest absolute Gasteiger partial charge is 0.395 e. The molecule has 6 N–H and O–H groups in total. The Hall–Kier alpha value is -0.200. The number of aliphatic hydroxyl groups is 3. The Morgan fingerprint density at radius 2 is 1.73 bits per heavy atom. The summed E-state index contributed by atoms with van der Waals surface area (Å²) in [4.78, 5) is 0. The van der Waals surface area contributed by atoms with Crippen molar-refractivity contribution < 1.29 is 15.3 Å². The van der Waals surface area contributed by atoms with Gasteiger partial charge in [-0.05, 0) is 0 Å². The average molecular weight is 162 g/mol. The lowest BCUT2D eigenvalue weighted by Crippen LogP contribution is -2.40. The van der Waals surface area contributed by atoms with E-state index in [9.17, 15) is 10.2 Å². The van der Waals surface area contributed by atoms with Gasteiger partial charge in [0.25, 0.3) is 0 Å². The predicted octanol–water partition coefficient (Wildman–Crippen LogP) is -3.00. The highest BCUT2D eigenvalue weighted by atomic mass is 16.3. The molecule has 66 valence electrons. The lowest BCUT2D eigenvalue weighted by Gasteiger charge is -2.12. The van der Waals surface area contributed by atoms with Gasteiger partial charge in [0.05, 0.1) is 24.9 Å². The second kappa shape index (κ2) is 3.46. The van der Waals surface area contributed by atoms with Crippen molar-refractivity contribution in [2.24, 2.45) is 5.73 Å². The quantitative estimate of drug-likeness (QED) is 0.298. The molecular formula is C6H14N2O3. The number of nitrogens with two attached hydrogens (primary N) is 1. The standard InChI is InChI=1S/C6H14N2O3/c7-1-3-5(10)6(11)4(2-9)8-3/h3-6,8-11H,1-2,7H2/t3-,4-,5-,6+/m0/s1. The number of nitrogens with one attached hydrogen (secondary N) is 1. The van der Waals surface area contributed by atoms with Crippen LogP contribution >= 0.6 is 0 Å². The van der Waals surface area contributed by atoms with Gasteiger partial charge in [-0.1, -0.05) is 0 Å². The average Bonchev–Trinajstić information content (AvgIpc) is 2.30. The van der Waals surface area contributed by atoms with Gasteiger partial charge in [-0.25, -0.2) is 0 Å². The van der Waals surface area contributed by atoms with Crippen LogP contribution in [0.3, 0.4) is 0 Å². The van der Waals surface area contributed by atoms with Crippen LogP contribution in [0, 0.1) is 0 Å². The number of aliphatic hydroxyl groups excluding tert-OH is 3. The van der Waals surface area contributed by atoms with E-state index in [1.807, 2.05) is 0 Å². The van der Waals surface area contributed by atoms with Crippen molar-refractivity contribution in [3.05, 3.63) is 0 Å². The SMILES string of the molecule is NC[C@@H]1N[C@@H](CO)[C@@H](O)[C@H]1O. The molecule has 1 rings (SSSR count). The summed E-state index contributed by atoms with van der Waals surface area (Å²) in [7, 11) is 0. The van der Waals surface area contributed by atoms with Crippen molar-refractivity contribution in [2.75, 3.05) is 13.2 Å². The number of hydrogen-bond acceptors (Lipinski definition) is 5. The van der Waals surface area contributed by atoms with Crippen LogP contribution in [0.25, 0.3) is 0 Å². The molecule has 5 heteroatoms. The molecule has 0 aliphatic carbocycles. The summed E-state index contributed by atoms with van der Waals surface area (Å²) in [5.74, 6) is 0. The maximum Gasteiger partial charge on any atom is 0.0989 e. The highest BCUT2D eigenvalue weighted by Gasteiger charge is 2.39. The van der Waals surface area contributed by atoms with Gasteiger partial charge >= 0.3 is 0 Å².